The number of anilines is 1. The molecule has 0 saturated heterocycles. The van der Waals surface area contributed by atoms with Crippen molar-refractivity contribution < 1.29 is 13.5 Å². The highest BCUT2D eigenvalue weighted by atomic mass is 32.2. The normalized spacial score (nSPS) is 10.5. The topological polar surface area (TPSA) is 60.2 Å². The van der Waals surface area contributed by atoms with Gasteiger partial charge in [-0.05, 0) is 6.42 Å². The van der Waals surface area contributed by atoms with Crippen LogP contribution in [0.4, 0.5) is 14.6 Å². The second-order valence-corrected chi connectivity index (χ2v) is 4.03. The molecule has 7 heteroatoms. The predicted molar refractivity (Wildman–Crippen MR) is 59.2 cm³/mol. The van der Waals surface area contributed by atoms with Crippen molar-refractivity contribution in [1.82, 2.24) is 4.98 Å². The van der Waals surface area contributed by atoms with Crippen LogP contribution in [0.2, 0.25) is 0 Å². The largest absolute Gasteiger partial charge is 0.385 e. The van der Waals surface area contributed by atoms with Crippen molar-refractivity contribution in [2.75, 3.05) is 24.9 Å². The summed E-state index contributed by atoms with van der Waals surface area (Å²) in [7, 11) is 1.60. The number of halogens is 2. The number of thioether (sulfide) groups is 1. The number of nitrogens with two attached hydrogens (primary N) is 1. The average molecular weight is 249 g/mol. The summed E-state index contributed by atoms with van der Waals surface area (Å²) in [6, 6.07) is 0.765. The minimum Gasteiger partial charge on any atom is -0.385 e. The van der Waals surface area contributed by atoms with E-state index < -0.39 is 11.6 Å². The fourth-order valence-corrected chi connectivity index (χ4v) is 1.83. The lowest BCUT2D eigenvalue weighted by Crippen LogP contribution is -2.11. The molecule has 0 spiro atoms. The van der Waals surface area contributed by atoms with Gasteiger partial charge in [-0.1, -0.05) is 0 Å². The van der Waals surface area contributed by atoms with Gasteiger partial charge < -0.3 is 10.2 Å². The number of aromatic nitrogens is 1. The van der Waals surface area contributed by atoms with Crippen LogP contribution in [0.15, 0.2) is 11.1 Å². The lowest BCUT2D eigenvalue weighted by molar-refractivity contribution is 0.200. The first-order valence-electron chi connectivity index (χ1n) is 4.63. The van der Waals surface area contributed by atoms with Crippen LogP contribution in [0.1, 0.15) is 6.42 Å². The average Bonchev–Trinajstić information content (AvgIpc) is 2.27. The monoisotopic (exact) mass is 249 g/mol. The van der Waals surface area contributed by atoms with Gasteiger partial charge in [0.05, 0.1) is 0 Å². The van der Waals surface area contributed by atoms with Crippen molar-refractivity contribution in [2.45, 2.75) is 11.4 Å². The predicted octanol–water partition coefficient (Wildman–Crippen LogP) is 1.77. The Hall–Kier alpha value is -0.920. The third-order valence-electron chi connectivity index (χ3n) is 1.77. The quantitative estimate of drug-likeness (QED) is 0.348. The number of nitrogens with zero attached hydrogens (tertiary/aromatic N) is 1. The molecular weight excluding hydrogens is 236 g/mol. The molecule has 0 atom stereocenters. The van der Waals surface area contributed by atoms with E-state index in [1.807, 2.05) is 0 Å². The van der Waals surface area contributed by atoms with Gasteiger partial charge >= 0.3 is 0 Å². The maximum Gasteiger partial charge on any atom is 0.177 e. The fraction of sp³-hybridized carbons (Fsp3) is 0.444. The second-order valence-electron chi connectivity index (χ2n) is 2.94. The summed E-state index contributed by atoms with van der Waals surface area (Å²) in [5, 5.41) is 0.130. The van der Waals surface area contributed by atoms with Gasteiger partial charge in [-0.25, -0.2) is 19.6 Å². The van der Waals surface area contributed by atoms with E-state index in [1.165, 1.54) is 11.8 Å². The van der Waals surface area contributed by atoms with E-state index in [2.05, 4.69) is 10.4 Å². The Morgan fingerprint density at radius 3 is 2.88 bits per heavy atom. The second kappa shape index (κ2) is 6.62. The molecule has 0 aromatic carbocycles. The molecule has 0 unspecified atom stereocenters. The van der Waals surface area contributed by atoms with Crippen LogP contribution in [0.5, 0.6) is 0 Å². The van der Waals surface area contributed by atoms with Crippen LogP contribution >= 0.6 is 11.8 Å². The summed E-state index contributed by atoms with van der Waals surface area (Å²) in [5.74, 6) is 4.05. The first-order chi connectivity index (χ1) is 7.69. The number of nitrogen functional groups attached to an aromatic ring is 1. The molecule has 0 bridgehead atoms. The Labute approximate surface area is 96.5 Å². The van der Waals surface area contributed by atoms with E-state index in [0.717, 1.165) is 12.5 Å². The molecule has 90 valence electrons. The van der Waals surface area contributed by atoms with Crippen LogP contribution in [0.3, 0.4) is 0 Å². The Balaban J connectivity index is 2.64. The summed E-state index contributed by atoms with van der Waals surface area (Å²) < 4.78 is 31.1. The van der Waals surface area contributed by atoms with Gasteiger partial charge in [-0.15, -0.1) is 11.8 Å². The molecule has 1 rings (SSSR count). The van der Waals surface area contributed by atoms with Crippen LogP contribution < -0.4 is 11.3 Å². The van der Waals surface area contributed by atoms with Crippen molar-refractivity contribution in [3.63, 3.8) is 0 Å². The van der Waals surface area contributed by atoms with Gasteiger partial charge in [0.2, 0.25) is 0 Å². The highest BCUT2D eigenvalue weighted by molar-refractivity contribution is 7.99. The number of rotatable bonds is 6. The highest BCUT2D eigenvalue weighted by Gasteiger charge is 2.11. The molecule has 1 aromatic heterocycles. The van der Waals surface area contributed by atoms with Crippen LogP contribution in [0, 0.1) is 11.6 Å². The van der Waals surface area contributed by atoms with E-state index >= 15 is 0 Å². The standard InChI is InChI=1S/C9H13F2N3OS/c1-15-3-2-4-16-9-7(11)5-6(10)8(13-9)14-12/h5H,2-4,12H2,1H3,(H,13,14). The van der Waals surface area contributed by atoms with E-state index in [4.69, 9.17) is 10.6 Å². The zero-order valence-electron chi connectivity index (χ0n) is 8.80. The molecule has 4 nitrogen and oxygen atoms in total. The molecule has 0 amide bonds. The number of hydrogen-bond donors (Lipinski definition) is 2. The van der Waals surface area contributed by atoms with Crippen molar-refractivity contribution in [1.29, 1.82) is 0 Å². The molecule has 1 aromatic rings. The minimum atomic E-state index is -0.804. The van der Waals surface area contributed by atoms with E-state index in [9.17, 15) is 8.78 Å². The van der Waals surface area contributed by atoms with E-state index in [1.54, 1.807) is 7.11 Å². The number of hydrazine groups is 1. The molecule has 0 radical (unpaired) electrons. The molecule has 0 saturated carbocycles. The zero-order chi connectivity index (χ0) is 12.0. The first kappa shape index (κ1) is 13.1. The molecular formula is C9H13F2N3OS. The maximum atomic E-state index is 13.3. The zero-order valence-corrected chi connectivity index (χ0v) is 9.61. The van der Waals surface area contributed by atoms with Gasteiger partial charge in [-0.3, -0.25) is 0 Å². The summed E-state index contributed by atoms with van der Waals surface area (Å²) in [6.07, 6.45) is 0.769. The highest BCUT2D eigenvalue weighted by Crippen LogP contribution is 2.23. The Bertz CT molecular complexity index is 352. The molecule has 0 aliphatic carbocycles. The van der Waals surface area contributed by atoms with Gasteiger partial charge in [-0.2, -0.15) is 0 Å². The number of nitrogens with one attached hydrogen (secondary N) is 1. The SMILES string of the molecule is COCCCSc1nc(NN)c(F)cc1F. The summed E-state index contributed by atoms with van der Waals surface area (Å²) >= 11 is 1.20. The van der Waals surface area contributed by atoms with Crippen LogP contribution in [-0.4, -0.2) is 24.5 Å². The van der Waals surface area contributed by atoms with Crippen molar-refractivity contribution in [3.05, 3.63) is 17.7 Å². The molecule has 1 heterocycles. The van der Waals surface area contributed by atoms with E-state index in [-0.39, 0.29) is 10.8 Å². The molecule has 0 aliphatic heterocycles. The molecule has 0 aliphatic rings. The van der Waals surface area contributed by atoms with Crippen molar-refractivity contribution in [3.8, 4) is 0 Å². The third-order valence-corrected chi connectivity index (χ3v) is 2.82. The van der Waals surface area contributed by atoms with Crippen molar-refractivity contribution in [2.24, 2.45) is 5.84 Å². The Morgan fingerprint density at radius 2 is 2.25 bits per heavy atom. The molecule has 0 fully saturated rings. The van der Waals surface area contributed by atoms with Crippen LogP contribution in [-0.2, 0) is 4.74 Å². The lowest BCUT2D eigenvalue weighted by atomic mass is 10.4. The van der Waals surface area contributed by atoms with Crippen LogP contribution in [0.25, 0.3) is 0 Å². The summed E-state index contributed by atoms with van der Waals surface area (Å²) in [5.41, 5.74) is 2.07. The number of ether oxygens (including phenoxy) is 1. The number of pyridine rings is 1. The smallest absolute Gasteiger partial charge is 0.177 e. The number of hydrogen-bond acceptors (Lipinski definition) is 5. The van der Waals surface area contributed by atoms with E-state index in [0.29, 0.717) is 12.4 Å². The summed E-state index contributed by atoms with van der Waals surface area (Å²) in [4.78, 5) is 3.72. The van der Waals surface area contributed by atoms with Gasteiger partial charge in [0, 0.05) is 25.5 Å². The Kier molecular flexibility index (Phi) is 5.44. The Morgan fingerprint density at radius 1 is 1.50 bits per heavy atom. The van der Waals surface area contributed by atoms with Gasteiger partial charge in [0.15, 0.2) is 17.5 Å². The first-order valence-corrected chi connectivity index (χ1v) is 5.62. The van der Waals surface area contributed by atoms with Crippen molar-refractivity contribution >= 4 is 17.6 Å². The third kappa shape index (κ3) is 3.58. The van der Waals surface area contributed by atoms with Gasteiger partial charge in [0.25, 0.3) is 0 Å². The lowest BCUT2D eigenvalue weighted by Gasteiger charge is -2.06. The fourth-order valence-electron chi connectivity index (χ4n) is 1.02. The molecule has 16 heavy (non-hydrogen) atoms. The minimum absolute atomic E-state index is 0.130. The number of methoxy groups -OCH3 is 1. The van der Waals surface area contributed by atoms with Gasteiger partial charge in [0.1, 0.15) is 5.03 Å². The maximum absolute atomic E-state index is 13.3. The molecule has 3 N–H and O–H groups in total. The summed E-state index contributed by atoms with van der Waals surface area (Å²) in [6.45, 7) is 0.595.